The van der Waals surface area contributed by atoms with Gasteiger partial charge in [-0.15, -0.1) is 0 Å². The summed E-state index contributed by atoms with van der Waals surface area (Å²) in [5, 5.41) is 4.31. The third kappa shape index (κ3) is 4.15. The van der Waals surface area contributed by atoms with E-state index in [1.54, 1.807) is 0 Å². The van der Waals surface area contributed by atoms with Gasteiger partial charge in [-0.05, 0) is 56.0 Å². The quantitative estimate of drug-likeness (QED) is 0.736. The van der Waals surface area contributed by atoms with Crippen molar-refractivity contribution in [2.45, 2.75) is 39.5 Å². The lowest BCUT2D eigenvalue weighted by Gasteiger charge is -2.13. The molecule has 90 valence electrons. The Bertz CT molecular complexity index is 323. The first-order valence-corrected chi connectivity index (χ1v) is 6.49. The van der Waals surface area contributed by atoms with Gasteiger partial charge in [0.25, 0.3) is 0 Å². The second-order valence-electron chi connectivity index (χ2n) is 4.45. The highest BCUT2D eigenvalue weighted by molar-refractivity contribution is 6.31. The Hall–Kier alpha value is -0.530. The van der Waals surface area contributed by atoms with Crippen LogP contribution in [0.25, 0.3) is 0 Å². The summed E-state index contributed by atoms with van der Waals surface area (Å²) in [6.45, 7) is 8.69. The molecule has 0 aliphatic heterocycles. The van der Waals surface area contributed by atoms with E-state index in [1.807, 2.05) is 6.92 Å². The van der Waals surface area contributed by atoms with E-state index in [0.717, 1.165) is 23.7 Å². The van der Waals surface area contributed by atoms with Gasteiger partial charge >= 0.3 is 0 Å². The summed E-state index contributed by atoms with van der Waals surface area (Å²) in [6, 6.07) is 6.39. The Labute approximate surface area is 104 Å². The predicted molar refractivity (Wildman–Crippen MR) is 72.4 cm³/mol. The molecule has 1 aromatic carbocycles. The number of halogens is 1. The standard InChI is InChI=1S/C14H22ClN/c1-4-8-16-9-7-11(2)13-6-5-12(3)14(15)10-13/h5-6,10-11,16H,4,7-9H2,1-3H3. The van der Waals surface area contributed by atoms with Gasteiger partial charge < -0.3 is 5.32 Å². The number of benzene rings is 1. The fourth-order valence-electron chi connectivity index (χ4n) is 1.70. The van der Waals surface area contributed by atoms with E-state index >= 15 is 0 Å². The fourth-order valence-corrected chi connectivity index (χ4v) is 1.89. The molecule has 0 fully saturated rings. The monoisotopic (exact) mass is 239 g/mol. The molecule has 1 nitrogen and oxygen atoms in total. The molecular weight excluding hydrogens is 218 g/mol. The summed E-state index contributed by atoms with van der Waals surface area (Å²) < 4.78 is 0. The number of hydrogen-bond acceptors (Lipinski definition) is 1. The van der Waals surface area contributed by atoms with Crippen molar-refractivity contribution in [3.05, 3.63) is 34.3 Å². The van der Waals surface area contributed by atoms with Gasteiger partial charge in [-0.3, -0.25) is 0 Å². The molecule has 0 heterocycles. The van der Waals surface area contributed by atoms with E-state index in [4.69, 9.17) is 11.6 Å². The maximum absolute atomic E-state index is 6.13. The second kappa shape index (κ2) is 6.93. The van der Waals surface area contributed by atoms with Crippen molar-refractivity contribution in [1.29, 1.82) is 0 Å². The van der Waals surface area contributed by atoms with Crippen molar-refractivity contribution in [3.8, 4) is 0 Å². The minimum atomic E-state index is 0.572. The lowest BCUT2D eigenvalue weighted by atomic mass is 9.97. The molecule has 0 bridgehead atoms. The Morgan fingerprint density at radius 1 is 1.31 bits per heavy atom. The van der Waals surface area contributed by atoms with E-state index in [0.29, 0.717) is 5.92 Å². The summed E-state index contributed by atoms with van der Waals surface area (Å²) in [6.07, 6.45) is 2.37. The molecule has 1 atom stereocenters. The van der Waals surface area contributed by atoms with Crippen molar-refractivity contribution in [3.63, 3.8) is 0 Å². The normalized spacial score (nSPS) is 12.8. The molecule has 0 aromatic heterocycles. The topological polar surface area (TPSA) is 12.0 Å². The van der Waals surface area contributed by atoms with Crippen LogP contribution in [-0.2, 0) is 0 Å². The van der Waals surface area contributed by atoms with Crippen molar-refractivity contribution >= 4 is 11.6 Å². The molecule has 0 aliphatic carbocycles. The summed E-state index contributed by atoms with van der Waals surface area (Å²) in [7, 11) is 0. The first kappa shape index (κ1) is 13.5. The van der Waals surface area contributed by atoms with Crippen molar-refractivity contribution in [1.82, 2.24) is 5.32 Å². The molecule has 0 saturated carbocycles. The van der Waals surface area contributed by atoms with Crippen LogP contribution in [-0.4, -0.2) is 13.1 Å². The molecule has 0 saturated heterocycles. The molecular formula is C14H22ClN. The summed E-state index contributed by atoms with van der Waals surface area (Å²) in [4.78, 5) is 0. The molecule has 1 N–H and O–H groups in total. The molecule has 1 aromatic rings. The zero-order chi connectivity index (χ0) is 12.0. The van der Waals surface area contributed by atoms with Gasteiger partial charge in [0.2, 0.25) is 0 Å². The van der Waals surface area contributed by atoms with Crippen LogP contribution >= 0.6 is 11.6 Å². The smallest absolute Gasteiger partial charge is 0.0438 e. The number of nitrogens with one attached hydrogen (secondary N) is 1. The van der Waals surface area contributed by atoms with Crippen LogP contribution in [0.5, 0.6) is 0 Å². The molecule has 0 aliphatic rings. The van der Waals surface area contributed by atoms with Crippen LogP contribution in [0, 0.1) is 6.92 Å². The SMILES string of the molecule is CCCNCCC(C)c1ccc(C)c(Cl)c1. The van der Waals surface area contributed by atoms with Gasteiger partial charge in [0, 0.05) is 5.02 Å². The van der Waals surface area contributed by atoms with Crippen molar-refractivity contribution < 1.29 is 0 Å². The van der Waals surface area contributed by atoms with Crippen LogP contribution in [0.15, 0.2) is 18.2 Å². The Morgan fingerprint density at radius 3 is 2.69 bits per heavy atom. The first-order valence-electron chi connectivity index (χ1n) is 6.12. The molecule has 0 amide bonds. The number of hydrogen-bond donors (Lipinski definition) is 1. The van der Waals surface area contributed by atoms with E-state index in [2.05, 4.69) is 37.4 Å². The fraction of sp³-hybridized carbons (Fsp3) is 0.571. The van der Waals surface area contributed by atoms with E-state index in [1.165, 1.54) is 18.4 Å². The van der Waals surface area contributed by atoms with Crippen LogP contribution in [0.2, 0.25) is 5.02 Å². The molecule has 2 heteroatoms. The minimum Gasteiger partial charge on any atom is -0.317 e. The zero-order valence-electron chi connectivity index (χ0n) is 10.5. The van der Waals surface area contributed by atoms with Gasteiger partial charge in [0.15, 0.2) is 0 Å². The predicted octanol–water partition coefficient (Wildman–Crippen LogP) is 4.14. The van der Waals surface area contributed by atoms with Crippen LogP contribution in [0.4, 0.5) is 0 Å². The van der Waals surface area contributed by atoms with Gasteiger partial charge in [-0.2, -0.15) is 0 Å². The van der Waals surface area contributed by atoms with Gasteiger partial charge in [-0.1, -0.05) is 37.6 Å². The number of rotatable bonds is 6. The highest BCUT2D eigenvalue weighted by Crippen LogP contribution is 2.24. The Balaban J connectivity index is 2.46. The average molecular weight is 240 g/mol. The molecule has 0 radical (unpaired) electrons. The van der Waals surface area contributed by atoms with E-state index < -0.39 is 0 Å². The minimum absolute atomic E-state index is 0.572. The van der Waals surface area contributed by atoms with Crippen molar-refractivity contribution in [2.24, 2.45) is 0 Å². The van der Waals surface area contributed by atoms with Crippen LogP contribution < -0.4 is 5.32 Å². The second-order valence-corrected chi connectivity index (χ2v) is 4.86. The zero-order valence-corrected chi connectivity index (χ0v) is 11.3. The molecule has 0 spiro atoms. The molecule has 1 rings (SSSR count). The highest BCUT2D eigenvalue weighted by atomic mass is 35.5. The number of aryl methyl sites for hydroxylation is 1. The van der Waals surface area contributed by atoms with Crippen LogP contribution in [0.1, 0.15) is 43.7 Å². The van der Waals surface area contributed by atoms with Crippen molar-refractivity contribution in [2.75, 3.05) is 13.1 Å². The largest absolute Gasteiger partial charge is 0.317 e. The maximum atomic E-state index is 6.13. The van der Waals surface area contributed by atoms with E-state index in [-0.39, 0.29) is 0 Å². The molecule has 1 unspecified atom stereocenters. The first-order chi connectivity index (χ1) is 7.65. The summed E-state index contributed by atoms with van der Waals surface area (Å²) in [5.41, 5.74) is 2.50. The summed E-state index contributed by atoms with van der Waals surface area (Å²) in [5.74, 6) is 0.572. The Kier molecular flexibility index (Phi) is 5.86. The van der Waals surface area contributed by atoms with Crippen LogP contribution in [0.3, 0.4) is 0 Å². The van der Waals surface area contributed by atoms with Gasteiger partial charge in [0.05, 0.1) is 0 Å². The van der Waals surface area contributed by atoms with Gasteiger partial charge in [-0.25, -0.2) is 0 Å². The third-order valence-corrected chi connectivity index (χ3v) is 3.35. The summed E-state index contributed by atoms with van der Waals surface area (Å²) >= 11 is 6.13. The Morgan fingerprint density at radius 2 is 2.06 bits per heavy atom. The van der Waals surface area contributed by atoms with Gasteiger partial charge in [0.1, 0.15) is 0 Å². The maximum Gasteiger partial charge on any atom is 0.0438 e. The molecule has 16 heavy (non-hydrogen) atoms. The van der Waals surface area contributed by atoms with E-state index in [9.17, 15) is 0 Å². The average Bonchev–Trinajstić information content (AvgIpc) is 2.28. The lowest BCUT2D eigenvalue weighted by Crippen LogP contribution is -2.17. The highest BCUT2D eigenvalue weighted by Gasteiger charge is 2.06. The lowest BCUT2D eigenvalue weighted by molar-refractivity contribution is 0.591. The third-order valence-electron chi connectivity index (χ3n) is 2.95.